The number of hydrogen-bond donors (Lipinski definition) is 1. The molecule has 16 heavy (non-hydrogen) atoms. The average Bonchev–Trinajstić information content (AvgIpc) is 2.61. The van der Waals surface area contributed by atoms with Gasteiger partial charge in [-0.3, -0.25) is 0 Å². The summed E-state index contributed by atoms with van der Waals surface area (Å²) in [4.78, 5) is 15.9. The first-order valence-corrected chi connectivity index (χ1v) is 5.68. The highest BCUT2D eigenvalue weighted by Crippen LogP contribution is 2.29. The van der Waals surface area contributed by atoms with Crippen LogP contribution in [-0.4, -0.2) is 16.1 Å². The quantitative estimate of drug-likeness (QED) is 0.867. The molecular formula is C12H11NO2S. The Morgan fingerprint density at radius 3 is 2.56 bits per heavy atom. The predicted molar refractivity (Wildman–Crippen MR) is 64.0 cm³/mol. The zero-order valence-corrected chi connectivity index (χ0v) is 9.84. The Kier molecular flexibility index (Phi) is 2.75. The molecule has 0 saturated heterocycles. The molecule has 0 bridgehead atoms. The molecule has 1 aromatic carbocycles. The summed E-state index contributed by atoms with van der Waals surface area (Å²) in [7, 11) is 0. The van der Waals surface area contributed by atoms with Crippen molar-refractivity contribution in [2.24, 2.45) is 0 Å². The van der Waals surface area contributed by atoms with Crippen LogP contribution >= 0.6 is 11.3 Å². The third-order valence-electron chi connectivity index (χ3n) is 2.38. The summed E-state index contributed by atoms with van der Waals surface area (Å²) in [6, 6.07) is 7.85. The van der Waals surface area contributed by atoms with Crippen molar-refractivity contribution >= 4 is 17.3 Å². The number of benzene rings is 1. The highest BCUT2D eigenvalue weighted by atomic mass is 32.1. The highest BCUT2D eigenvalue weighted by molar-refractivity contribution is 7.13. The summed E-state index contributed by atoms with van der Waals surface area (Å²) < 4.78 is 0. The average molecular weight is 233 g/mol. The number of carboxylic acid groups (broad SMARTS) is 1. The normalized spacial score (nSPS) is 10.4. The number of hydrogen-bond acceptors (Lipinski definition) is 3. The van der Waals surface area contributed by atoms with E-state index in [9.17, 15) is 4.79 Å². The molecule has 0 radical (unpaired) electrons. The van der Waals surface area contributed by atoms with E-state index in [2.05, 4.69) is 4.98 Å². The Bertz CT molecular complexity index is 546. The largest absolute Gasteiger partial charge is 0.476 e. The predicted octanol–water partition coefficient (Wildman–Crippen LogP) is 3.13. The van der Waals surface area contributed by atoms with Gasteiger partial charge in [-0.2, -0.15) is 0 Å². The van der Waals surface area contributed by atoms with Crippen molar-refractivity contribution in [2.75, 3.05) is 0 Å². The van der Waals surface area contributed by atoms with Crippen molar-refractivity contribution in [1.29, 1.82) is 0 Å². The summed E-state index contributed by atoms with van der Waals surface area (Å²) in [6.07, 6.45) is 0. The van der Waals surface area contributed by atoms with E-state index in [1.54, 1.807) is 0 Å². The van der Waals surface area contributed by atoms with E-state index < -0.39 is 5.97 Å². The fourth-order valence-corrected chi connectivity index (χ4v) is 2.34. The third-order valence-corrected chi connectivity index (χ3v) is 3.34. The van der Waals surface area contributed by atoms with E-state index in [1.807, 2.05) is 38.1 Å². The maximum atomic E-state index is 10.8. The molecular weight excluding hydrogens is 222 g/mol. The van der Waals surface area contributed by atoms with Crippen LogP contribution in [0.5, 0.6) is 0 Å². The second-order valence-corrected chi connectivity index (χ2v) is 4.75. The van der Waals surface area contributed by atoms with Crippen LogP contribution in [0, 0.1) is 13.8 Å². The molecule has 2 aromatic rings. The van der Waals surface area contributed by atoms with Crippen molar-refractivity contribution in [2.45, 2.75) is 13.8 Å². The zero-order valence-electron chi connectivity index (χ0n) is 9.02. The van der Waals surface area contributed by atoms with Gasteiger partial charge in [0, 0.05) is 10.4 Å². The number of aromatic nitrogens is 1. The number of carbonyl (C=O) groups is 1. The molecule has 0 atom stereocenters. The molecule has 1 aromatic heterocycles. The van der Waals surface area contributed by atoms with Crippen LogP contribution in [0.2, 0.25) is 0 Å². The van der Waals surface area contributed by atoms with E-state index in [0.717, 1.165) is 21.7 Å². The van der Waals surface area contributed by atoms with E-state index in [0.29, 0.717) is 0 Å². The lowest BCUT2D eigenvalue weighted by Crippen LogP contribution is -1.94. The second kappa shape index (κ2) is 4.06. The van der Waals surface area contributed by atoms with Gasteiger partial charge in [0.1, 0.15) is 0 Å². The molecule has 0 aliphatic carbocycles. The topological polar surface area (TPSA) is 50.2 Å². The lowest BCUT2D eigenvalue weighted by Gasteiger charge is -2.02. The van der Waals surface area contributed by atoms with Gasteiger partial charge in [0.15, 0.2) is 0 Å². The van der Waals surface area contributed by atoms with Crippen LogP contribution in [0.25, 0.3) is 11.3 Å². The number of aryl methyl sites for hydroxylation is 2. The maximum Gasteiger partial charge on any atom is 0.365 e. The minimum atomic E-state index is -0.965. The molecule has 0 unspecified atom stereocenters. The smallest absolute Gasteiger partial charge is 0.365 e. The Balaban J connectivity index is 2.57. The van der Waals surface area contributed by atoms with Gasteiger partial charge >= 0.3 is 5.97 Å². The lowest BCUT2D eigenvalue weighted by molar-refractivity contribution is 0.0696. The lowest BCUT2D eigenvalue weighted by atomic mass is 10.1. The number of rotatable bonds is 2. The molecule has 1 N–H and O–H groups in total. The van der Waals surface area contributed by atoms with Crippen molar-refractivity contribution in [3.8, 4) is 11.3 Å². The molecule has 0 amide bonds. The van der Waals surface area contributed by atoms with E-state index in [4.69, 9.17) is 5.11 Å². The van der Waals surface area contributed by atoms with Crippen molar-refractivity contribution in [3.63, 3.8) is 0 Å². The zero-order chi connectivity index (χ0) is 11.7. The van der Waals surface area contributed by atoms with Gasteiger partial charge in [0.05, 0.1) is 5.69 Å². The van der Waals surface area contributed by atoms with Gasteiger partial charge in [-0.1, -0.05) is 24.3 Å². The molecule has 1 heterocycles. The van der Waals surface area contributed by atoms with Gasteiger partial charge in [-0.25, -0.2) is 9.78 Å². The highest BCUT2D eigenvalue weighted by Gasteiger charge is 2.15. The first kappa shape index (κ1) is 10.8. The number of nitrogens with zero attached hydrogens (tertiary/aromatic N) is 1. The Morgan fingerprint density at radius 1 is 1.31 bits per heavy atom. The molecule has 0 saturated carbocycles. The second-order valence-electron chi connectivity index (χ2n) is 3.54. The monoisotopic (exact) mass is 233 g/mol. The fourth-order valence-electron chi connectivity index (χ4n) is 1.58. The first-order valence-electron chi connectivity index (χ1n) is 4.86. The molecule has 82 valence electrons. The first-order chi connectivity index (χ1) is 7.59. The molecule has 4 heteroatoms. The summed E-state index contributed by atoms with van der Waals surface area (Å²) in [5.74, 6) is -0.965. The Morgan fingerprint density at radius 2 is 2.00 bits per heavy atom. The molecule has 3 nitrogen and oxygen atoms in total. The molecule has 0 spiro atoms. The minimum absolute atomic E-state index is 0.149. The number of aromatic carboxylic acids is 1. The van der Waals surface area contributed by atoms with Crippen LogP contribution in [0.15, 0.2) is 24.3 Å². The molecule has 0 aliphatic heterocycles. The van der Waals surface area contributed by atoms with Crippen LogP contribution in [0.1, 0.15) is 20.2 Å². The molecule has 2 rings (SSSR count). The van der Waals surface area contributed by atoms with Crippen molar-refractivity contribution in [3.05, 3.63) is 39.7 Å². The van der Waals surface area contributed by atoms with Crippen LogP contribution in [0.3, 0.4) is 0 Å². The van der Waals surface area contributed by atoms with Crippen LogP contribution in [0.4, 0.5) is 0 Å². The summed E-state index contributed by atoms with van der Waals surface area (Å²) in [6.45, 7) is 3.89. The number of carboxylic acids is 1. The Hall–Kier alpha value is -1.68. The van der Waals surface area contributed by atoms with Crippen molar-refractivity contribution in [1.82, 2.24) is 4.98 Å². The maximum absolute atomic E-state index is 10.8. The minimum Gasteiger partial charge on any atom is -0.476 e. The van der Waals surface area contributed by atoms with Crippen LogP contribution < -0.4 is 0 Å². The van der Waals surface area contributed by atoms with Gasteiger partial charge < -0.3 is 5.11 Å². The van der Waals surface area contributed by atoms with E-state index in [1.165, 1.54) is 11.3 Å². The third kappa shape index (κ3) is 1.84. The van der Waals surface area contributed by atoms with Gasteiger partial charge in [0.25, 0.3) is 0 Å². The van der Waals surface area contributed by atoms with E-state index >= 15 is 0 Å². The van der Waals surface area contributed by atoms with Gasteiger partial charge in [-0.05, 0) is 19.4 Å². The standard InChI is InChI=1S/C12H11NO2S/c1-7-5-3-4-6-9(7)10-8(2)16-11(13-10)12(14)15/h3-6H,1-2H3,(H,14,15). The molecule has 0 aliphatic rings. The summed E-state index contributed by atoms with van der Waals surface area (Å²) in [5, 5.41) is 9.04. The number of thiazole rings is 1. The molecule has 0 fully saturated rings. The Labute approximate surface area is 97.4 Å². The SMILES string of the molecule is Cc1ccccc1-c1nc(C(=O)O)sc1C. The van der Waals surface area contributed by atoms with E-state index in [-0.39, 0.29) is 5.01 Å². The summed E-state index contributed by atoms with van der Waals surface area (Å²) in [5.41, 5.74) is 2.89. The summed E-state index contributed by atoms with van der Waals surface area (Å²) >= 11 is 1.22. The van der Waals surface area contributed by atoms with Crippen molar-refractivity contribution < 1.29 is 9.90 Å². The van der Waals surface area contributed by atoms with Crippen LogP contribution in [-0.2, 0) is 0 Å². The van der Waals surface area contributed by atoms with Gasteiger partial charge in [0.2, 0.25) is 5.01 Å². The fraction of sp³-hybridized carbons (Fsp3) is 0.167. The van der Waals surface area contributed by atoms with Gasteiger partial charge in [-0.15, -0.1) is 11.3 Å².